The molecule has 0 saturated carbocycles. The Bertz CT molecular complexity index is 337. The molecule has 15 heavy (non-hydrogen) atoms. The zero-order chi connectivity index (χ0) is 11.4. The van der Waals surface area contributed by atoms with Crippen molar-refractivity contribution < 1.29 is 9.90 Å². The van der Waals surface area contributed by atoms with E-state index in [0.29, 0.717) is 6.54 Å². The molecular weight excluding hydrogens is 258 g/mol. The largest absolute Gasteiger partial charge is 0.480 e. The Kier molecular flexibility index (Phi) is 4.15. The van der Waals surface area contributed by atoms with Gasteiger partial charge < -0.3 is 10.0 Å². The van der Waals surface area contributed by atoms with Crippen molar-refractivity contribution in [1.82, 2.24) is 0 Å². The first-order chi connectivity index (χ1) is 7.06. The minimum Gasteiger partial charge on any atom is -0.480 e. The van der Waals surface area contributed by atoms with Crippen molar-refractivity contribution >= 4 is 27.6 Å². The van der Waals surface area contributed by atoms with E-state index in [4.69, 9.17) is 5.11 Å². The summed E-state index contributed by atoms with van der Waals surface area (Å²) in [7, 11) is 0. The summed E-state index contributed by atoms with van der Waals surface area (Å²) in [5, 5.41) is 8.95. The van der Waals surface area contributed by atoms with Crippen LogP contribution in [0.4, 0.5) is 5.69 Å². The normalized spacial score (nSPS) is 12.2. The molecule has 1 N–H and O–H groups in total. The Labute approximate surface area is 97.8 Å². The lowest BCUT2D eigenvalue weighted by molar-refractivity contribution is -0.138. The summed E-state index contributed by atoms with van der Waals surface area (Å²) >= 11 is 3.35. The lowest BCUT2D eigenvalue weighted by Crippen LogP contribution is -2.38. The molecule has 1 aromatic carbocycles. The van der Waals surface area contributed by atoms with Crippen molar-refractivity contribution in [2.45, 2.75) is 19.9 Å². The SMILES string of the molecule is CCN(c1ccc(Br)cc1)[C@H](C)C(=O)O. The molecule has 4 heteroatoms. The van der Waals surface area contributed by atoms with E-state index in [1.807, 2.05) is 36.1 Å². The van der Waals surface area contributed by atoms with Gasteiger partial charge in [-0.25, -0.2) is 4.79 Å². The van der Waals surface area contributed by atoms with E-state index in [-0.39, 0.29) is 0 Å². The highest BCUT2D eigenvalue weighted by Crippen LogP contribution is 2.20. The van der Waals surface area contributed by atoms with Gasteiger partial charge in [-0.1, -0.05) is 15.9 Å². The molecular formula is C11H14BrNO2. The van der Waals surface area contributed by atoms with Gasteiger partial charge in [-0.2, -0.15) is 0 Å². The molecule has 0 aromatic heterocycles. The fourth-order valence-corrected chi connectivity index (χ4v) is 1.71. The number of carboxylic acid groups (broad SMARTS) is 1. The number of hydrogen-bond acceptors (Lipinski definition) is 2. The monoisotopic (exact) mass is 271 g/mol. The molecule has 0 spiro atoms. The van der Waals surface area contributed by atoms with Crippen molar-refractivity contribution in [3.63, 3.8) is 0 Å². The third-order valence-corrected chi connectivity index (χ3v) is 2.85. The minimum absolute atomic E-state index is 0.504. The van der Waals surface area contributed by atoms with Crippen LogP contribution in [0.3, 0.4) is 0 Å². The number of hydrogen-bond donors (Lipinski definition) is 1. The highest BCUT2D eigenvalue weighted by molar-refractivity contribution is 9.10. The van der Waals surface area contributed by atoms with Crippen LogP contribution >= 0.6 is 15.9 Å². The van der Waals surface area contributed by atoms with Crippen LogP contribution < -0.4 is 4.90 Å². The molecule has 0 aliphatic carbocycles. The van der Waals surface area contributed by atoms with Gasteiger partial charge in [0.1, 0.15) is 6.04 Å². The van der Waals surface area contributed by atoms with E-state index in [0.717, 1.165) is 10.2 Å². The fourth-order valence-electron chi connectivity index (χ4n) is 1.45. The van der Waals surface area contributed by atoms with Gasteiger partial charge in [0.05, 0.1) is 0 Å². The van der Waals surface area contributed by atoms with Gasteiger partial charge >= 0.3 is 5.97 Å². The van der Waals surface area contributed by atoms with Gasteiger partial charge in [0.15, 0.2) is 0 Å². The summed E-state index contributed by atoms with van der Waals surface area (Å²) in [5.74, 6) is -0.806. The van der Waals surface area contributed by atoms with E-state index in [1.165, 1.54) is 0 Å². The van der Waals surface area contributed by atoms with Crippen molar-refractivity contribution in [1.29, 1.82) is 0 Å². The van der Waals surface area contributed by atoms with E-state index < -0.39 is 12.0 Å². The number of anilines is 1. The van der Waals surface area contributed by atoms with E-state index in [2.05, 4.69) is 15.9 Å². The predicted molar refractivity (Wildman–Crippen MR) is 64.3 cm³/mol. The Morgan fingerprint density at radius 1 is 1.47 bits per heavy atom. The number of nitrogens with zero attached hydrogens (tertiary/aromatic N) is 1. The summed E-state index contributed by atoms with van der Waals surface area (Å²) < 4.78 is 0.991. The summed E-state index contributed by atoms with van der Waals surface area (Å²) in [6, 6.07) is 7.13. The number of likely N-dealkylation sites (N-methyl/N-ethyl adjacent to an activating group) is 1. The van der Waals surface area contributed by atoms with Crippen molar-refractivity contribution in [2.24, 2.45) is 0 Å². The standard InChI is InChI=1S/C11H14BrNO2/c1-3-13(8(2)11(14)15)10-6-4-9(12)5-7-10/h4-8H,3H2,1-2H3,(H,14,15)/t8-/m1/s1. The number of rotatable bonds is 4. The first-order valence-electron chi connectivity index (χ1n) is 4.81. The van der Waals surface area contributed by atoms with Crippen LogP contribution in [-0.2, 0) is 4.79 Å². The molecule has 0 aliphatic heterocycles. The zero-order valence-corrected chi connectivity index (χ0v) is 10.4. The molecule has 0 amide bonds. The maximum Gasteiger partial charge on any atom is 0.326 e. The molecule has 1 rings (SSSR count). The Hall–Kier alpha value is -1.03. The number of halogens is 1. The van der Waals surface area contributed by atoms with E-state index in [9.17, 15) is 4.79 Å². The summed E-state index contributed by atoms with van der Waals surface area (Å²) in [6.45, 7) is 4.31. The molecule has 0 bridgehead atoms. The maximum absolute atomic E-state index is 10.9. The molecule has 1 aromatic rings. The first-order valence-corrected chi connectivity index (χ1v) is 5.60. The second-order valence-corrected chi connectivity index (χ2v) is 4.19. The average Bonchev–Trinajstić information content (AvgIpc) is 2.21. The Morgan fingerprint density at radius 2 is 2.00 bits per heavy atom. The van der Waals surface area contributed by atoms with Gasteiger partial charge in [0.25, 0.3) is 0 Å². The van der Waals surface area contributed by atoms with Crippen LogP contribution in [0.5, 0.6) is 0 Å². The highest BCUT2D eigenvalue weighted by Gasteiger charge is 2.18. The van der Waals surface area contributed by atoms with Crippen LogP contribution in [-0.4, -0.2) is 23.7 Å². The Balaban J connectivity index is 2.92. The lowest BCUT2D eigenvalue weighted by atomic mass is 10.2. The van der Waals surface area contributed by atoms with Gasteiger partial charge in [0, 0.05) is 16.7 Å². The lowest BCUT2D eigenvalue weighted by Gasteiger charge is -2.27. The molecule has 0 heterocycles. The predicted octanol–water partition coefficient (Wildman–Crippen LogP) is 2.75. The van der Waals surface area contributed by atoms with Gasteiger partial charge in [-0.3, -0.25) is 0 Å². The molecule has 0 fully saturated rings. The van der Waals surface area contributed by atoms with E-state index >= 15 is 0 Å². The highest BCUT2D eigenvalue weighted by atomic mass is 79.9. The smallest absolute Gasteiger partial charge is 0.326 e. The maximum atomic E-state index is 10.9. The van der Waals surface area contributed by atoms with Crippen molar-refractivity contribution in [3.8, 4) is 0 Å². The number of carbonyl (C=O) groups is 1. The molecule has 0 aliphatic rings. The van der Waals surface area contributed by atoms with Crippen molar-refractivity contribution in [3.05, 3.63) is 28.7 Å². The number of aliphatic carboxylic acids is 1. The van der Waals surface area contributed by atoms with Crippen LogP contribution in [0.25, 0.3) is 0 Å². The second-order valence-electron chi connectivity index (χ2n) is 3.28. The molecule has 82 valence electrons. The fraction of sp³-hybridized carbons (Fsp3) is 0.364. The van der Waals surface area contributed by atoms with Gasteiger partial charge in [-0.15, -0.1) is 0 Å². The molecule has 0 unspecified atom stereocenters. The van der Waals surface area contributed by atoms with Crippen LogP contribution in [0.15, 0.2) is 28.7 Å². The van der Waals surface area contributed by atoms with Crippen LogP contribution in [0.2, 0.25) is 0 Å². The summed E-state index contributed by atoms with van der Waals surface area (Å²) in [6.07, 6.45) is 0. The van der Waals surface area contributed by atoms with Crippen molar-refractivity contribution in [2.75, 3.05) is 11.4 Å². The quantitative estimate of drug-likeness (QED) is 0.916. The minimum atomic E-state index is -0.806. The van der Waals surface area contributed by atoms with Gasteiger partial charge in [-0.05, 0) is 38.1 Å². The van der Waals surface area contributed by atoms with Gasteiger partial charge in [0.2, 0.25) is 0 Å². The zero-order valence-electron chi connectivity index (χ0n) is 8.77. The molecule has 0 radical (unpaired) electrons. The molecule has 1 atom stereocenters. The second kappa shape index (κ2) is 5.16. The Morgan fingerprint density at radius 3 is 2.40 bits per heavy atom. The third kappa shape index (κ3) is 2.96. The number of benzene rings is 1. The molecule has 0 saturated heterocycles. The average molecular weight is 272 g/mol. The summed E-state index contributed by atoms with van der Waals surface area (Å²) in [5.41, 5.74) is 0.926. The first kappa shape index (κ1) is 12.0. The third-order valence-electron chi connectivity index (χ3n) is 2.32. The number of carboxylic acids is 1. The van der Waals surface area contributed by atoms with E-state index in [1.54, 1.807) is 6.92 Å². The van der Waals surface area contributed by atoms with Crippen LogP contribution in [0.1, 0.15) is 13.8 Å². The van der Waals surface area contributed by atoms with Crippen LogP contribution in [0, 0.1) is 0 Å². The topological polar surface area (TPSA) is 40.5 Å². The molecule has 3 nitrogen and oxygen atoms in total. The summed E-state index contributed by atoms with van der Waals surface area (Å²) in [4.78, 5) is 12.7.